The van der Waals surface area contributed by atoms with Crippen LogP contribution >= 0.6 is 0 Å². The molecule has 0 spiro atoms. The first kappa shape index (κ1) is 10.4. The lowest BCUT2D eigenvalue weighted by Crippen LogP contribution is -2.07. The van der Waals surface area contributed by atoms with Crippen LogP contribution in [0.3, 0.4) is 0 Å². The van der Waals surface area contributed by atoms with E-state index < -0.39 is 5.97 Å². The fourth-order valence-corrected chi connectivity index (χ4v) is 1.73. The van der Waals surface area contributed by atoms with E-state index in [2.05, 4.69) is 0 Å². The molecule has 0 aliphatic rings. The number of hydrogen-bond donors (Lipinski definition) is 1. The van der Waals surface area contributed by atoms with Gasteiger partial charge in [0.05, 0.1) is 11.1 Å². The molecule has 1 heterocycles. The molecule has 0 atom stereocenters. The van der Waals surface area contributed by atoms with Crippen LogP contribution in [0.25, 0.3) is 10.9 Å². The number of carboxylic acid groups (broad SMARTS) is 1. The van der Waals surface area contributed by atoms with E-state index in [4.69, 9.17) is 5.11 Å². The summed E-state index contributed by atoms with van der Waals surface area (Å²) in [5, 5.41) is 9.62. The van der Waals surface area contributed by atoms with Crippen LogP contribution in [0.4, 0.5) is 0 Å². The highest BCUT2D eigenvalue weighted by molar-refractivity contribution is 6.06. The molecule has 2 rings (SSSR count). The number of rotatable bonds is 2. The molecule has 0 unspecified atom stereocenters. The van der Waals surface area contributed by atoms with E-state index in [9.17, 15) is 9.59 Å². The zero-order chi connectivity index (χ0) is 11.7. The molecule has 0 saturated heterocycles. The molecule has 0 bridgehead atoms. The summed E-state index contributed by atoms with van der Waals surface area (Å²) >= 11 is 0. The predicted molar refractivity (Wildman–Crippen MR) is 59.8 cm³/mol. The lowest BCUT2D eigenvalue weighted by Gasteiger charge is -1.99. The molecule has 1 aromatic heterocycles. The number of carbonyl (C=O) groups excluding carboxylic acids is 1. The van der Waals surface area contributed by atoms with Crippen molar-refractivity contribution in [3.05, 3.63) is 36.0 Å². The number of aromatic nitrogens is 1. The number of aromatic carboxylic acids is 1. The highest BCUT2D eigenvalue weighted by Crippen LogP contribution is 2.21. The van der Waals surface area contributed by atoms with Crippen molar-refractivity contribution >= 4 is 22.8 Å². The summed E-state index contributed by atoms with van der Waals surface area (Å²) in [7, 11) is 0. The number of fused-ring (bicyclic) bond motifs is 1. The zero-order valence-corrected chi connectivity index (χ0v) is 8.80. The van der Waals surface area contributed by atoms with Gasteiger partial charge in [-0.1, -0.05) is 25.1 Å². The maximum atomic E-state index is 11.6. The van der Waals surface area contributed by atoms with Gasteiger partial charge >= 0.3 is 5.97 Å². The molecule has 1 N–H and O–H groups in total. The number of nitrogens with zero attached hydrogens (tertiary/aromatic N) is 1. The average Bonchev–Trinajstić information content (AvgIpc) is 2.67. The van der Waals surface area contributed by atoms with Gasteiger partial charge < -0.3 is 5.11 Å². The summed E-state index contributed by atoms with van der Waals surface area (Å²) in [6.45, 7) is 1.75. The van der Waals surface area contributed by atoms with Crippen molar-refractivity contribution in [1.29, 1.82) is 0 Å². The highest BCUT2D eigenvalue weighted by Gasteiger charge is 2.15. The first-order valence-electron chi connectivity index (χ1n) is 5.01. The SMILES string of the molecule is CCC(=O)n1cc(C(=O)O)c2ccccc21. The monoisotopic (exact) mass is 217 g/mol. The molecule has 0 aliphatic carbocycles. The van der Waals surface area contributed by atoms with Crippen LogP contribution in [-0.4, -0.2) is 21.6 Å². The molecular weight excluding hydrogens is 206 g/mol. The van der Waals surface area contributed by atoms with Crippen molar-refractivity contribution in [2.24, 2.45) is 0 Å². The number of carboxylic acids is 1. The smallest absolute Gasteiger partial charge is 0.337 e. The van der Waals surface area contributed by atoms with Crippen LogP contribution in [0.1, 0.15) is 28.5 Å². The molecule has 16 heavy (non-hydrogen) atoms. The van der Waals surface area contributed by atoms with Crippen LogP contribution in [0.2, 0.25) is 0 Å². The summed E-state index contributed by atoms with van der Waals surface area (Å²) in [5.41, 5.74) is 0.809. The standard InChI is InChI=1S/C12H11NO3/c1-2-11(14)13-7-9(12(15)16)8-5-3-4-6-10(8)13/h3-7H,2H2,1H3,(H,15,16). The second-order valence-electron chi connectivity index (χ2n) is 3.48. The van der Waals surface area contributed by atoms with Gasteiger partial charge in [-0.15, -0.1) is 0 Å². The fourth-order valence-electron chi connectivity index (χ4n) is 1.73. The molecule has 1 aromatic carbocycles. The third-order valence-corrected chi connectivity index (χ3v) is 2.51. The largest absolute Gasteiger partial charge is 0.478 e. The van der Waals surface area contributed by atoms with Crippen LogP contribution in [0.15, 0.2) is 30.5 Å². The van der Waals surface area contributed by atoms with Crippen molar-refractivity contribution in [2.75, 3.05) is 0 Å². The Labute approximate surface area is 92.1 Å². The number of hydrogen-bond acceptors (Lipinski definition) is 2. The van der Waals surface area contributed by atoms with E-state index in [1.807, 2.05) is 0 Å². The molecule has 82 valence electrons. The van der Waals surface area contributed by atoms with Gasteiger partial charge in [0.15, 0.2) is 0 Å². The third kappa shape index (κ3) is 1.48. The van der Waals surface area contributed by atoms with Gasteiger partial charge in [-0.05, 0) is 6.07 Å². The Morgan fingerprint density at radius 2 is 2.00 bits per heavy atom. The van der Waals surface area contributed by atoms with Gasteiger partial charge in [-0.25, -0.2) is 4.79 Å². The first-order chi connectivity index (χ1) is 7.65. The van der Waals surface area contributed by atoms with Gasteiger partial charge in [0, 0.05) is 18.0 Å². The van der Waals surface area contributed by atoms with Crippen molar-refractivity contribution in [2.45, 2.75) is 13.3 Å². The number of carbonyl (C=O) groups is 2. The Balaban J connectivity index is 2.76. The lowest BCUT2D eigenvalue weighted by atomic mass is 10.2. The van der Waals surface area contributed by atoms with Crippen LogP contribution in [0, 0.1) is 0 Å². The quantitative estimate of drug-likeness (QED) is 0.840. The van der Waals surface area contributed by atoms with Gasteiger partial charge in [0.25, 0.3) is 0 Å². The van der Waals surface area contributed by atoms with Crippen molar-refractivity contribution in [3.8, 4) is 0 Å². The van der Waals surface area contributed by atoms with E-state index in [-0.39, 0.29) is 11.5 Å². The second kappa shape index (κ2) is 3.81. The van der Waals surface area contributed by atoms with Gasteiger partial charge in [0.2, 0.25) is 5.91 Å². The number of para-hydroxylation sites is 1. The Morgan fingerprint density at radius 3 is 2.62 bits per heavy atom. The maximum Gasteiger partial charge on any atom is 0.337 e. The van der Waals surface area contributed by atoms with E-state index >= 15 is 0 Å². The van der Waals surface area contributed by atoms with Gasteiger partial charge in [-0.2, -0.15) is 0 Å². The Morgan fingerprint density at radius 1 is 1.31 bits per heavy atom. The topological polar surface area (TPSA) is 59.3 Å². The number of benzene rings is 1. The van der Waals surface area contributed by atoms with Crippen molar-refractivity contribution in [3.63, 3.8) is 0 Å². The Hall–Kier alpha value is -2.10. The maximum absolute atomic E-state index is 11.6. The minimum Gasteiger partial charge on any atom is -0.478 e. The van der Waals surface area contributed by atoms with E-state index in [0.717, 1.165) is 0 Å². The molecule has 0 amide bonds. The summed E-state index contributed by atoms with van der Waals surface area (Å²) in [6, 6.07) is 7.00. The summed E-state index contributed by atoms with van der Waals surface area (Å²) in [6.07, 6.45) is 1.73. The summed E-state index contributed by atoms with van der Waals surface area (Å²) in [5.74, 6) is -1.12. The molecule has 2 aromatic rings. The molecule has 4 nitrogen and oxygen atoms in total. The molecule has 0 aliphatic heterocycles. The summed E-state index contributed by atoms with van der Waals surface area (Å²) in [4.78, 5) is 22.6. The van der Waals surface area contributed by atoms with Crippen LogP contribution < -0.4 is 0 Å². The average molecular weight is 217 g/mol. The molecule has 0 fully saturated rings. The van der Waals surface area contributed by atoms with Crippen molar-refractivity contribution in [1.82, 2.24) is 4.57 Å². The first-order valence-corrected chi connectivity index (χ1v) is 5.01. The normalized spacial score (nSPS) is 10.6. The molecule has 4 heteroatoms. The van der Waals surface area contributed by atoms with Gasteiger partial charge in [-0.3, -0.25) is 9.36 Å². The predicted octanol–water partition coefficient (Wildman–Crippen LogP) is 2.39. The Kier molecular flexibility index (Phi) is 2.48. The molecular formula is C12H11NO3. The fraction of sp³-hybridized carbons (Fsp3) is 0.167. The van der Waals surface area contributed by atoms with Crippen molar-refractivity contribution < 1.29 is 14.7 Å². The summed E-state index contributed by atoms with van der Waals surface area (Å²) < 4.78 is 1.40. The Bertz CT molecular complexity index is 569. The molecule has 0 saturated carbocycles. The van der Waals surface area contributed by atoms with E-state index in [1.165, 1.54) is 10.8 Å². The minimum atomic E-state index is -1.01. The van der Waals surface area contributed by atoms with Crippen LogP contribution in [-0.2, 0) is 0 Å². The van der Waals surface area contributed by atoms with Crippen LogP contribution in [0.5, 0.6) is 0 Å². The molecule has 0 radical (unpaired) electrons. The highest BCUT2D eigenvalue weighted by atomic mass is 16.4. The van der Waals surface area contributed by atoms with Gasteiger partial charge in [0.1, 0.15) is 0 Å². The third-order valence-electron chi connectivity index (χ3n) is 2.51. The van der Waals surface area contributed by atoms with E-state index in [0.29, 0.717) is 17.3 Å². The second-order valence-corrected chi connectivity index (χ2v) is 3.48. The minimum absolute atomic E-state index is 0.108. The van der Waals surface area contributed by atoms with E-state index in [1.54, 1.807) is 31.2 Å². The zero-order valence-electron chi connectivity index (χ0n) is 8.80. The lowest BCUT2D eigenvalue weighted by molar-refractivity contribution is 0.0699.